The molecular weight excluding hydrogens is 252 g/mol. The molecule has 0 aliphatic carbocycles. The minimum atomic E-state index is 0.887. The van der Waals surface area contributed by atoms with Crippen molar-refractivity contribution in [3.8, 4) is 0 Å². The zero-order chi connectivity index (χ0) is 15.8. The molecular formula is C21H42. The molecule has 0 rings (SSSR count). The van der Waals surface area contributed by atoms with E-state index < -0.39 is 0 Å². The average Bonchev–Trinajstić information content (AvgIpc) is 2.49. The molecule has 0 aliphatic rings. The standard InChI is InChI=1S/C21H42/c1-5-8-9-10-11-12-13-14-15-16-18-21(17-6-2)19-20(4)7-3/h6,20-21H,2,5,7-19H2,1,3-4H3. The molecule has 0 saturated carbocycles. The number of allylic oxidation sites excluding steroid dienone is 1. The van der Waals surface area contributed by atoms with Crippen molar-refractivity contribution in [2.45, 2.75) is 111 Å². The van der Waals surface area contributed by atoms with E-state index in [0.717, 1.165) is 11.8 Å². The number of hydrogen-bond acceptors (Lipinski definition) is 0. The average molecular weight is 295 g/mol. The lowest BCUT2D eigenvalue weighted by Gasteiger charge is -2.18. The zero-order valence-electron chi connectivity index (χ0n) is 15.3. The van der Waals surface area contributed by atoms with Gasteiger partial charge < -0.3 is 0 Å². The molecule has 21 heavy (non-hydrogen) atoms. The van der Waals surface area contributed by atoms with Gasteiger partial charge in [0, 0.05) is 0 Å². The van der Waals surface area contributed by atoms with Crippen LogP contribution in [0.1, 0.15) is 111 Å². The van der Waals surface area contributed by atoms with Gasteiger partial charge in [0.25, 0.3) is 0 Å². The summed E-state index contributed by atoms with van der Waals surface area (Å²) >= 11 is 0. The maximum Gasteiger partial charge on any atom is -0.0325 e. The van der Waals surface area contributed by atoms with Crippen molar-refractivity contribution >= 4 is 0 Å². The van der Waals surface area contributed by atoms with Gasteiger partial charge in [0.2, 0.25) is 0 Å². The molecule has 0 spiro atoms. The Morgan fingerprint density at radius 3 is 1.81 bits per heavy atom. The van der Waals surface area contributed by atoms with E-state index in [1.54, 1.807) is 0 Å². The predicted octanol–water partition coefficient (Wildman–Crippen LogP) is 7.93. The summed E-state index contributed by atoms with van der Waals surface area (Å²) in [5.74, 6) is 1.78. The van der Waals surface area contributed by atoms with E-state index in [9.17, 15) is 0 Å². The molecule has 0 aromatic carbocycles. The van der Waals surface area contributed by atoms with Crippen LogP contribution in [-0.4, -0.2) is 0 Å². The van der Waals surface area contributed by atoms with Crippen LogP contribution >= 0.6 is 0 Å². The Morgan fingerprint density at radius 2 is 1.33 bits per heavy atom. The monoisotopic (exact) mass is 294 g/mol. The molecule has 0 aliphatic heterocycles. The third-order valence-electron chi connectivity index (χ3n) is 4.90. The SMILES string of the molecule is C=CCC(CCCCCCCCCCCC)CC(C)CC. The van der Waals surface area contributed by atoms with Gasteiger partial charge in [-0.1, -0.05) is 104 Å². The molecule has 0 heterocycles. The lowest BCUT2D eigenvalue weighted by molar-refractivity contribution is 0.353. The molecule has 0 saturated heterocycles. The first kappa shape index (κ1) is 20.7. The fourth-order valence-corrected chi connectivity index (χ4v) is 3.22. The number of unbranched alkanes of at least 4 members (excludes halogenated alkanes) is 9. The van der Waals surface area contributed by atoms with Crippen molar-refractivity contribution in [3.63, 3.8) is 0 Å². The van der Waals surface area contributed by atoms with Crippen LogP contribution in [0.15, 0.2) is 12.7 Å². The number of rotatable bonds is 16. The summed E-state index contributed by atoms with van der Waals surface area (Å²) in [6.45, 7) is 10.9. The van der Waals surface area contributed by atoms with Crippen LogP contribution in [0.5, 0.6) is 0 Å². The highest BCUT2D eigenvalue weighted by Crippen LogP contribution is 2.24. The largest absolute Gasteiger partial charge is 0.103 e. The Labute approximate surface area is 135 Å². The third-order valence-corrected chi connectivity index (χ3v) is 4.90. The van der Waals surface area contributed by atoms with Gasteiger partial charge in [-0.05, 0) is 24.7 Å². The summed E-state index contributed by atoms with van der Waals surface area (Å²) in [6.07, 6.45) is 21.9. The molecule has 0 bridgehead atoms. The predicted molar refractivity (Wildman–Crippen MR) is 98.8 cm³/mol. The molecule has 0 aromatic rings. The Hall–Kier alpha value is -0.260. The fourth-order valence-electron chi connectivity index (χ4n) is 3.22. The Bertz CT molecular complexity index is 206. The second-order valence-electron chi connectivity index (χ2n) is 7.11. The second-order valence-corrected chi connectivity index (χ2v) is 7.11. The summed E-state index contributed by atoms with van der Waals surface area (Å²) in [6, 6.07) is 0. The zero-order valence-corrected chi connectivity index (χ0v) is 15.3. The highest BCUT2D eigenvalue weighted by atomic mass is 14.2. The summed E-state index contributed by atoms with van der Waals surface area (Å²) < 4.78 is 0. The van der Waals surface area contributed by atoms with E-state index in [4.69, 9.17) is 0 Å². The van der Waals surface area contributed by atoms with Crippen molar-refractivity contribution in [2.24, 2.45) is 11.8 Å². The van der Waals surface area contributed by atoms with Gasteiger partial charge in [0.15, 0.2) is 0 Å². The molecule has 2 unspecified atom stereocenters. The molecule has 0 radical (unpaired) electrons. The van der Waals surface area contributed by atoms with Crippen molar-refractivity contribution < 1.29 is 0 Å². The fraction of sp³-hybridized carbons (Fsp3) is 0.905. The minimum Gasteiger partial charge on any atom is -0.103 e. The van der Waals surface area contributed by atoms with Crippen molar-refractivity contribution in [3.05, 3.63) is 12.7 Å². The van der Waals surface area contributed by atoms with Gasteiger partial charge in [-0.3, -0.25) is 0 Å². The third kappa shape index (κ3) is 14.4. The van der Waals surface area contributed by atoms with Crippen LogP contribution in [0.25, 0.3) is 0 Å². The molecule has 0 aromatic heterocycles. The molecule has 0 fully saturated rings. The van der Waals surface area contributed by atoms with Gasteiger partial charge in [0.1, 0.15) is 0 Å². The van der Waals surface area contributed by atoms with Crippen LogP contribution in [0, 0.1) is 11.8 Å². The molecule has 0 amide bonds. The maximum absolute atomic E-state index is 3.93. The molecule has 0 N–H and O–H groups in total. The van der Waals surface area contributed by atoms with E-state index >= 15 is 0 Å². The Kier molecular flexibility index (Phi) is 15.9. The molecule has 2 atom stereocenters. The number of hydrogen-bond donors (Lipinski definition) is 0. The lowest BCUT2D eigenvalue weighted by Crippen LogP contribution is -2.05. The highest BCUT2D eigenvalue weighted by Gasteiger charge is 2.10. The van der Waals surface area contributed by atoms with Gasteiger partial charge in [-0.2, -0.15) is 0 Å². The van der Waals surface area contributed by atoms with Crippen molar-refractivity contribution in [2.75, 3.05) is 0 Å². The molecule has 126 valence electrons. The van der Waals surface area contributed by atoms with Crippen LogP contribution in [-0.2, 0) is 0 Å². The summed E-state index contributed by atoms with van der Waals surface area (Å²) in [5.41, 5.74) is 0. The van der Waals surface area contributed by atoms with Crippen LogP contribution in [0.2, 0.25) is 0 Å². The minimum absolute atomic E-state index is 0.887. The first-order valence-electron chi connectivity index (χ1n) is 9.85. The maximum atomic E-state index is 3.93. The van der Waals surface area contributed by atoms with E-state index in [0.29, 0.717) is 0 Å². The summed E-state index contributed by atoms with van der Waals surface area (Å²) in [7, 11) is 0. The Morgan fingerprint density at radius 1 is 0.810 bits per heavy atom. The van der Waals surface area contributed by atoms with Gasteiger partial charge in [-0.25, -0.2) is 0 Å². The summed E-state index contributed by atoms with van der Waals surface area (Å²) in [4.78, 5) is 0. The van der Waals surface area contributed by atoms with Crippen molar-refractivity contribution in [1.82, 2.24) is 0 Å². The van der Waals surface area contributed by atoms with Crippen LogP contribution in [0.4, 0.5) is 0 Å². The smallest absolute Gasteiger partial charge is 0.0325 e. The summed E-state index contributed by atoms with van der Waals surface area (Å²) in [5, 5.41) is 0. The molecule has 0 nitrogen and oxygen atoms in total. The van der Waals surface area contributed by atoms with Crippen LogP contribution in [0.3, 0.4) is 0 Å². The van der Waals surface area contributed by atoms with E-state index in [2.05, 4.69) is 33.4 Å². The second kappa shape index (κ2) is 16.1. The van der Waals surface area contributed by atoms with E-state index in [1.165, 1.54) is 89.9 Å². The first-order chi connectivity index (χ1) is 10.2. The highest BCUT2D eigenvalue weighted by molar-refractivity contribution is 4.74. The normalized spacial score (nSPS) is 14.0. The van der Waals surface area contributed by atoms with Gasteiger partial charge in [0.05, 0.1) is 0 Å². The van der Waals surface area contributed by atoms with Crippen molar-refractivity contribution in [1.29, 1.82) is 0 Å². The van der Waals surface area contributed by atoms with E-state index in [1.807, 2.05) is 0 Å². The quantitative estimate of drug-likeness (QED) is 0.200. The first-order valence-corrected chi connectivity index (χ1v) is 9.85. The Balaban J connectivity index is 3.43. The lowest BCUT2D eigenvalue weighted by atomic mass is 9.87. The van der Waals surface area contributed by atoms with Gasteiger partial charge in [-0.15, -0.1) is 6.58 Å². The van der Waals surface area contributed by atoms with Crippen LogP contribution < -0.4 is 0 Å². The van der Waals surface area contributed by atoms with Gasteiger partial charge >= 0.3 is 0 Å². The molecule has 0 heteroatoms. The topological polar surface area (TPSA) is 0 Å². The van der Waals surface area contributed by atoms with E-state index in [-0.39, 0.29) is 0 Å².